The third-order valence-electron chi connectivity index (χ3n) is 4.25. The van der Waals surface area contributed by atoms with E-state index in [-0.39, 0.29) is 12.3 Å². The monoisotopic (exact) mass is 483 g/mol. The van der Waals surface area contributed by atoms with Crippen LogP contribution >= 0.6 is 15.9 Å². The molecule has 3 aromatic carbocycles. The van der Waals surface area contributed by atoms with Gasteiger partial charge in [0.05, 0.1) is 15.6 Å². The van der Waals surface area contributed by atoms with Gasteiger partial charge in [-0.3, -0.25) is 14.9 Å². The zero-order valence-electron chi connectivity index (χ0n) is 16.1. The summed E-state index contributed by atoms with van der Waals surface area (Å²) in [6.45, 7) is 0.247. The maximum Gasteiger partial charge on any atom is 0.273 e. The molecule has 0 aliphatic heterocycles. The molecular formula is C22H18BrN3O5. The first-order valence-corrected chi connectivity index (χ1v) is 9.95. The van der Waals surface area contributed by atoms with E-state index in [1.807, 2.05) is 0 Å². The van der Waals surface area contributed by atoms with Crippen molar-refractivity contribution in [2.75, 3.05) is 0 Å². The van der Waals surface area contributed by atoms with Crippen molar-refractivity contribution in [2.45, 2.75) is 12.7 Å². The number of amides is 1. The van der Waals surface area contributed by atoms with E-state index in [9.17, 15) is 20.0 Å². The normalized spacial score (nSPS) is 11.8. The fourth-order valence-electron chi connectivity index (χ4n) is 2.61. The third-order valence-corrected chi connectivity index (χ3v) is 4.87. The topological polar surface area (TPSA) is 114 Å². The number of halogens is 1. The average molecular weight is 484 g/mol. The number of nitrogens with zero attached hydrogens (tertiary/aromatic N) is 2. The second-order valence-electron chi connectivity index (χ2n) is 6.45. The van der Waals surface area contributed by atoms with Crippen LogP contribution in [0, 0.1) is 10.1 Å². The van der Waals surface area contributed by atoms with Gasteiger partial charge in [-0.2, -0.15) is 5.10 Å². The van der Waals surface area contributed by atoms with Crippen LogP contribution in [0.1, 0.15) is 22.8 Å². The Labute approximate surface area is 186 Å². The Bertz CT molecular complexity index is 1090. The summed E-state index contributed by atoms with van der Waals surface area (Å²) in [7, 11) is 0. The summed E-state index contributed by atoms with van der Waals surface area (Å²) >= 11 is 3.42. The van der Waals surface area contributed by atoms with E-state index in [2.05, 4.69) is 26.5 Å². The third kappa shape index (κ3) is 6.21. The lowest BCUT2D eigenvalue weighted by Crippen LogP contribution is -2.25. The number of non-ortho nitro benzene ring substituents is 1. The molecule has 31 heavy (non-hydrogen) atoms. The molecular weight excluding hydrogens is 466 g/mol. The highest BCUT2D eigenvalue weighted by molar-refractivity contribution is 9.10. The molecule has 0 spiro atoms. The summed E-state index contributed by atoms with van der Waals surface area (Å²) in [5, 5.41) is 24.6. The van der Waals surface area contributed by atoms with Crippen LogP contribution in [-0.4, -0.2) is 22.2 Å². The van der Waals surface area contributed by atoms with Crippen molar-refractivity contribution < 1.29 is 19.6 Å². The SMILES string of the molecule is O=C(N/N=C\c1ccc(OCc2ccc([N+](=O)[O-])cc2)c(Br)c1)[C@@H](O)c1ccccc1. The first-order chi connectivity index (χ1) is 14.9. The molecule has 9 heteroatoms. The first-order valence-electron chi connectivity index (χ1n) is 9.15. The molecule has 0 saturated carbocycles. The van der Waals surface area contributed by atoms with Gasteiger partial charge in [-0.25, -0.2) is 5.43 Å². The number of aliphatic hydroxyl groups is 1. The molecule has 2 N–H and O–H groups in total. The zero-order valence-corrected chi connectivity index (χ0v) is 17.7. The van der Waals surface area contributed by atoms with E-state index >= 15 is 0 Å². The van der Waals surface area contributed by atoms with Gasteiger partial charge < -0.3 is 9.84 Å². The molecule has 0 aliphatic rings. The van der Waals surface area contributed by atoms with Crippen LogP contribution < -0.4 is 10.2 Å². The average Bonchev–Trinajstić information content (AvgIpc) is 2.78. The molecule has 0 aliphatic carbocycles. The number of rotatable bonds is 8. The maximum absolute atomic E-state index is 12.0. The lowest BCUT2D eigenvalue weighted by atomic mass is 10.1. The molecule has 0 radical (unpaired) electrons. The summed E-state index contributed by atoms with van der Waals surface area (Å²) in [6.07, 6.45) is 0.140. The predicted octanol–water partition coefficient (Wildman–Crippen LogP) is 4.12. The van der Waals surface area contributed by atoms with Gasteiger partial charge in [0.25, 0.3) is 11.6 Å². The van der Waals surface area contributed by atoms with Crippen molar-refractivity contribution in [3.05, 3.63) is 104 Å². The van der Waals surface area contributed by atoms with E-state index in [0.29, 0.717) is 21.3 Å². The minimum Gasteiger partial charge on any atom is -0.488 e. The van der Waals surface area contributed by atoms with Gasteiger partial charge in [-0.05, 0) is 63.0 Å². The summed E-state index contributed by atoms with van der Waals surface area (Å²) in [4.78, 5) is 22.2. The highest BCUT2D eigenvalue weighted by Crippen LogP contribution is 2.26. The zero-order chi connectivity index (χ0) is 22.2. The number of ether oxygens (including phenoxy) is 1. The Morgan fingerprint density at radius 1 is 1.16 bits per heavy atom. The Hall–Kier alpha value is -3.56. The van der Waals surface area contributed by atoms with Crippen molar-refractivity contribution in [1.82, 2.24) is 5.43 Å². The number of nitro groups is 1. The number of hydrazone groups is 1. The van der Waals surface area contributed by atoms with Gasteiger partial charge in [-0.15, -0.1) is 0 Å². The molecule has 0 bridgehead atoms. The minimum absolute atomic E-state index is 0.0250. The number of nitrogens with one attached hydrogen (secondary N) is 1. The molecule has 1 atom stereocenters. The van der Waals surface area contributed by atoms with Crippen LogP contribution in [0.5, 0.6) is 5.75 Å². The highest BCUT2D eigenvalue weighted by Gasteiger charge is 2.16. The Morgan fingerprint density at radius 2 is 1.87 bits per heavy atom. The quantitative estimate of drug-likeness (QED) is 0.284. The molecule has 3 rings (SSSR count). The minimum atomic E-state index is -1.31. The summed E-state index contributed by atoms with van der Waals surface area (Å²) in [5.74, 6) is -0.0522. The predicted molar refractivity (Wildman–Crippen MR) is 119 cm³/mol. The molecule has 0 aromatic heterocycles. The fourth-order valence-corrected chi connectivity index (χ4v) is 3.12. The van der Waals surface area contributed by atoms with Crippen LogP contribution in [0.25, 0.3) is 0 Å². The van der Waals surface area contributed by atoms with E-state index in [1.165, 1.54) is 18.3 Å². The Morgan fingerprint density at radius 3 is 2.52 bits per heavy atom. The standard InChI is InChI=1S/C22H18BrN3O5/c23-19-12-16(13-24-25-22(28)21(27)17-4-2-1-3-5-17)8-11-20(19)31-14-15-6-9-18(10-7-15)26(29)30/h1-13,21,27H,14H2,(H,25,28)/b24-13-/t21-/m0/s1. The van der Waals surface area contributed by atoms with E-state index in [0.717, 1.165) is 5.56 Å². The Kier molecular flexibility index (Phi) is 7.47. The number of hydrogen-bond donors (Lipinski definition) is 2. The number of aliphatic hydroxyl groups excluding tert-OH is 1. The summed E-state index contributed by atoms with van der Waals surface area (Å²) in [6, 6.07) is 19.9. The van der Waals surface area contributed by atoms with Gasteiger partial charge in [0.2, 0.25) is 0 Å². The van der Waals surface area contributed by atoms with Gasteiger partial charge in [-0.1, -0.05) is 30.3 Å². The molecule has 0 heterocycles. The maximum atomic E-state index is 12.0. The molecule has 0 fully saturated rings. The number of carbonyl (C=O) groups is 1. The van der Waals surface area contributed by atoms with Crippen LogP contribution in [0.4, 0.5) is 5.69 Å². The number of nitro benzene ring substituents is 1. The molecule has 0 unspecified atom stereocenters. The molecule has 0 saturated heterocycles. The second kappa shape index (κ2) is 10.5. The number of hydrogen-bond acceptors (Lipinski definition) is 6. The largest absolute Gasteiger partial charge is 0.488 e. The van der Waals surface area contributed by atoms with Crippen molar-refractivity contribution in [3.8, 4) is 5.75 Å². The second-order valence-corrected chi connectivity index (χ2v) is 7.30. The van der Waals surface area contributed by atoms with Gasteiger partial charge >= 0.3 is 0 Å². The summed E-state index contributed by atoms with van der Waals surface area (Å²) < 4.78 is 6.41. The van der Waals surface area contributed by atoms with Crippen molar-refractivity contribution in [3.63, 3.8) is 0 Å². The highest BCUT2D eigenvalue weighted by atomic mass is 79.9. The van der Waals surface area contributed by atoms with Crippen molar-refractivity contribution >= 4 is 33.7 Å². The summed E-state index contributed by atoms with van der Waals surface area (Å²) in [5.41, 5.74) is 4.31. The lowest BCUT2D eigenvalue weighted by Gasteiger charge is -2.09. The van der Waals surface area contributed by atoms with Crippen molar-refractivity contribution in [1.29, 1.82) is 0 Å². The smallest absolute Gasteiger partial charge is 0.273 e. The molecule has 158 valence electrons. The first kappa shape index (κ1) is 22.1. The molecule has 8 nitrogen and oxygen atoms in total. The van der Waals surface area contributed by atoms with Gasteiger partial charge in [0, 0.05) is 12.1 Å². The molecule has 1 amide bonds. The number of benzene rings is 3. The van der Waals surface area contributed by atoms with E-state index < -0.39 is 16.9 Å². The lowest BCUT2D eigenvalue weighted by molar-refractivity contribution is -0.384. The van der Waals surface area contributed by atoms with Crippen LogP contribution in [0.3, 0.4) is 0 Å². The Balaban J connectivity index is 1.55. The van der Waals surface area contributed by atoms with Crippen molar-refractivity contribution in [2.24, 2.45) is 5.10 Å². The van der Waals surface area contributed by atoms with Gasteiger partial charge in [0.15, 0.2) is 6.10 Å². The molecule has 3 aromatic rings. The van der Waals surface area contributed by atoms with Crippen LogP contribution in [0.2, 0.25) is 0 Å². The van der Waals surface area contributed by atoms with E-state index in [4.69, 9.17) is 4.74 Å². The van der Waals surface area contributed by atoms with Crippen LogP contribution in [-0.2, 0) is 11.4 Å². The van der Waals surface area contributed by atoms with Crippen LogP contribution in [0.15, 0.2) is 82.4 Å². The number of carbonyl (C=O) groups excluding carboxylic acids is 1. The van der Waals surface area contributed by atoms with Gasteiger partial charge in [0.1, 0.15) is 12.4 Å². The van der Waals surface area contributed by atoms with E-state index in [1.54, 1.807) is 60.7 Å². The fraction of sp³-hybridized carbons (Fsp3) is 0.0909.